The van der Waals surface area contributed by atoms with Crippen molar-refractivity contribution in [2.24, 2.45) is 0 Å². The summed E-state index contributed by atoms with van der Waals surface area (Å²) in [5.74, 6) is -0.499. The summed E-state index contributed by atoms with van der Waals surface area (Å²) in [5.41, 5.74) is 0.133. The van der Waals surface area contributed by atoms with Crippen LogP contribution >= 0.6 is 34.2 Å². The minimum Gasteiger partial charge on any atom is -0.258 e. The van der Waals surface area contributed by atoms with Crippen LogP contribution in [-0.2, 0) is 0 Å². The molecule has 0 saturated carbocycles. The quantitative estimate of drug-likeness (QED) is 0.448. The lowest BCUT2D eigenvalue weighted by Gasteiger charge is -2.03. The molecule has 0 fully saturated rings. The highest BCUT2D eigenvalue weighted by Crippen LogP contribution is 2.33. The van der Waals surface area contributed by atoms with Crippen molar-refractivity contribution in [3.8, 4) is 0 Å². The highest BCUT2D eigenvalue weighted by molar-refractivity contribution is 14.1. The van der Waals surface area contributed by atoms with Gasteiger partial charge in [0.05, 0.1) is 10.4 Å². The van der Waals surface area contributed by atoms with Crippen LogP contribution in [0.1, 0.15) is 0 Å². The average Bonchev–Trinajstić information content (AvgIpc) is 2.19. The Bertz CT molecular complexity index is 606. The monoisotopic (exact) mass is 352 g/mol. The molecule has 1 aromatic carbocycles. The Morgan fingerprint density at radius 2 is 2.19 bits per heavy atom. The summed E-state index contributed by atoms with van der Waals surface area (Å²) in [6.45, 7) is 0. The van der Waals surface area contributed by atoms with Crippen molar-refractivity contribution in [2.75, 3.05) is 0 Å². The third-order valence-corrected chi connectivity index (χ3v) is 3.22. The fraction of sp³-hybridized carbons (Fsp3) is 0. The van der Waals surface area contributed by atoms with Gasteiger partial charge in [-0.3, -0.25) is 10.1 Å². The first-order valence-electron chi connectivity index (χ1n) is 4.08. The van der Waals surface area contributed by atoms with Gasteiger partial charge >= 0.3 is 5.69 Å². The third kappa shape index (κ3) is 1.82. The molecule has 16 heavy (non-hydrogen) atoms. The van der Waals surface area contributed by atoms with E-state index in [4.69, 9.17) is 11.6 Å². The van der Waals surface area contributed by atoms with Crippen LogP contribution < -0.4 is 0 Å². The summed E-state index contributed by atoms with van der Waals surface area (Å²) in [5, 5.41) is 10.8. The molecule has 0 unspecified atom stereocenters. The number of halogens is 3. The van der Waals surface area contributed by atoms with Crippen molar-refractivity contribution < 1.29 is 9.31 Å². The zero-order valence-electron chi connectivity index (χ0n) is 7.58. The van der Waals surface area contributed by atoms with Crippen LogP contribution in [0.2, 0.25) is 5.02 Å². The molecule has 2 rings (SSSR count). The Kier molecular flexibility index (Phi) is 2.94. The lowest BCUT2D eigenvalue weighted by Crippen LogP contribution is -1.93. The number of fused-ring (bicyclic) bond motifs is 1. The van der Waals surface area contributed by atoms with Crippen molar-refractivity contribution in [1.82, 2.24) is 4.98 Å². The van der Waals surface area contributed by atoms with Crippen molar-refractivity contribution in [1.29, 1.82) is 0 Å². The molecule has 1 aromatic heterocycles. The molecule has 4 nitrogen and oxygen atoms in total. The number of hydrogen-bond donors (Lipinski definition) is 0. The Balaban J connectivity index is 2.89. The molecule has 1 heterocycles. The fourth-order valence-corrected chi connectivity index (χ4v) is 2.30. The maximum absolute atomic E-state index is 13.1. The predicted molar refractivity (Wildman–Crippen MR) is 66.1 cm³/mol. The van der Waals surface area contributed by atoms with Gasteiger partial charge in [-0.25, -0.2) is 9.37 Å². The van der Waals surface area contributed by atoms with Gasteiger partial charge in [-0.15, -0.1) is 0 Å². The van der Waals surface area contributed by atoms with E-state index in [9.17, 15) is 14.5 Å². The van der Waals surface area contributed by atoms with Gasteiger partial charge < -0.3 is 0 Å². The fourth-order valence-electron chi connectivity index (χ4n) is 1.31. The van der Waals surface area contributed by atoms with Crippen LogP contribution in [0, 0.1) is 19.5 Å². The van der Waals surface area contributed by atoms with Gasteiger partial charge in [0.1, 0.15) is 17.0 Å². The highest BCUT2D eigenvalue weighted by Gasteiger charge is 2.17. The van der Waals surface area contributed by atoms with Crippen molar-refractivity contribution in [3.63, 3.8) is 0 Å². The normalized spacial score (nSPS) is 10.7. The van der Waals surface area contributed by atoms with Crippen LogP contribution in [0.25, 0.3) is 10.9 Å². The first-order valence-corrected chi connectivity index (χ1v) is 5.54. The van der Waals surface area contributed by atoms with E-state index in [1.54, 1.807) is 0 Å². The second-order valence-electron chi connectivity index (χ2n) is 3.00. The Labute approximate surface area is 108 Å². The first-order chi connectivity index (χ1) is 7.50. The maximum Gasteiger partial charge on any atom is 0.306 e. The van der Waals surface area contributed by atoms with Gasteiger partial charge in [-0.1, -0.05) is 11.6 Å². The van der Waals surface area contributed by atoms with Crippen LogP contribution in [0.4, 0.5) is 10.1 Å². The number of benzene rings is 1. The largest absolute Gasteiger partial charge is 0.306 e. The van der Waals surface area contributed by atoms with Crippen molar-refractivity contribution in [2.45, 2.75) is 0 Å². The molecule has 2 aromatic rings. The van der Waals surface area contributed by atoms with E-state index in [1.807, 2.05) is 22.6 Å². The van der Waals surface area contributed by atoms with Gasteiger partial charge in [-0.2, -0.15) is 0 Å². The first kappa shape index (κ1) is 11.5. The zero-order valence-corrected chi connectivity index (χ0v) is 10.5. The topological polar surface area (TPSA) is 56.0 Å². The molecule has 0 saturated heterocycles. The van der Waals surface area contributed by atoms with Crippen LogP contribution in [0.5, 0.6) is 0 Å². The standard InChI is InChI=1S/C9H3ClFIN2O2/c10-8-5-1-4(11)2-6(12)9(5)13-3-7(8)14(15)16/h1-3H. The number of nitrogens with zero attached hydrogens (tertiary/aromatic N) is 2. The second kappa shape index (κ2) is 4.10. The SMILES string of the molecule is O=[N+]([O-])c1cnc2c(I)cc(F)cc2c1Cl. The van der Waals surface area contributed by atoms with E-state index in [-0.39, 0.29) is 16.1 Å². The summed E-state index contributed by atoms with van der Waals surface area (Å²) in [6, 6.07) is 2.43. The molecule has 0 spiro atoms. The number of nitro groups is 1. The minimum atomic E-state index is -0.646. The highest BCUT2D eigenvalue weighted by atomic mass is 127. The van der Waals surface area contributed by atoms with Crippen LogP contribution in [-0.4, -0.2) is 9.91 Å². The summed E-state index contributed by atoms with van der Waals surface area (Å²) < 4.78 is 13.7. The number of pyridine rings is 1. The summed E-state index contributed by atoms with van der Waals surface area (Å²) >= 11 is 7.73. The lowest BCUT2D eigenvalue weighted by molar-refractivity contribution is -0.384. The average molecular weight is 352 g/mol. The predicted octanol–water partition coefficient (Wildman–Crippen LogP) is 3.54. The molecule has 7 heteroatoms. The van der Waals surface area contributed by atoms with Crippen LogP contribution in [0.15, 0.2) is 18.3 Å². The van der Waals surface area contributed by atoms with Crippen molar-refractivity contribution >= 4 is 50.8 Å². The number of aromatic nitrogens is 1. The van der Waals surface area contributed by atoms with E-state index >= 15 is 0 Å². The molecule has 0 N–H and O–H groups in total. The van der Waals surface area contributed by atoms with Gasteiger partial charge in [0.15, 0.2) is 0 Å². The van der Waals surface area contributed by atoms with Gasteiger partial charge in [0.25, 0.3) is 0 Å². The molecular weight excluding hydrogens is 349 g/mol. The minimum absolute atomic E-state index is 0.0904. The smallest absolute Gasteiger partial charge is 0.258 e. The second-order valence-corrected chi connectivity index (χ2v) is 4.54. The summed E-state index contributed by atoms with van der Waals surface area (Å²) in [6.07, 6.45) is 1.07. The van der Waals surface area contributed by atoms with Gasteiger partial charge in [0, 0.05) is 8.96 Å². The lowest BCUT2D eigenvalue weighted by atomic mass is 10.2. The number of hydrogen-bond acceptors (Lipinski definition) is 3. The van der Waals surface area contributed by atoms with E-state index < -0.39 is 10.7 Å². The molecule has 82 valence electrons. The molecule has 0 bridgehead atoms. The van der Waals surface area contributed by atoms with Crippen molar-refractivity contribution in [3.05, 3.63) is 42.9 Å². The molecule has 0 aliphatic heterocycles. The Morgan fingerprint density at radius 1 is 1.50 bits per heavy atom. The Hall–Kier alpha value is -1.02. The van der Waals surface area contributed by atoms with E-state index in [0.717, 1.165) is 12.3 Å². The third-order valence-electron chi connectivity index (χ3n) is 2.00. The molecule has 0 aliphatic carbocycles. The van der Waals surface area contributed by atoms with Gasteiger partial charge in [-0.05, 0) is 34.7 Å². The van der Waals surface area contributed by atoms with Crippen LogP contribution in [0.3, 0.4) is 0 Å². The maximum atomic E-state index is 13.1. The zero-order chi connectivity index (χ0) is 11.9. The molecule has 0 amide bonds. The van der Waals surface area contributed by atoms with E-state index in [2.05, 4.69) is 4.98 Å². The van der Waals surface area contributed by atoms with E-state index in [1.165, 1.54) is 6.07 Å². The Morgan fingerprint density at radius 3 is 2.81 bits per heavy atom. The number of rotatable bonds is 1. The molecular formula is C9H3ClFIN2O2. The molecule has 0 radical (unpaired) electrons. The van der Waals surface area contributed by atoms with E-state index in [0.29, 0.717) is 9.09 Å². The molecule has 0 atom stereocenters. The van der Waals surface area contributed by atoms with Gasteiger partial charge in [0.2, 0.25) is 0 Å². The summed E-state index contributed by atoms with van der Waals surface area (Å²) in [7, 11) is 0. The summed E-state index contributed by atoms with van der Waals surface area (Å²) in [4.78, 5) is 13.9. The molecule has 0 aliphatic rings.